The zero-order valence-electron chi connectivity index (χ0n) is 9.77. The number of hydrogen-bond donors (Lipinski definition) is 0. The molecule has 0 aromatic heterocycles. The predicted molar refractivity (Wildman–Crippen MR) is 66.4 cm³/mol. The minimum Gasteiger partial charge on any atom is -0.386 e. The number of ether oxygens (including phenoxy) is 1. The Morgan fingerprint density at radius 2 is 1.56 bits per heavy atom. The summed E-state index contributed by atoms with van der Waals surface area (Å²) in [5.74, 6) is -1.13. The lowest BCUT2D eigenvalue weighted by Crippen LogP contribution is -1.96. The maximum absolute atomic E-state index is 11.5. The SMILES string of the molecule is Cc1cccc(-c2ccc3c(c2)C(=O)OC3=O)c1. The van der Waals surface area contributed by atoms with Gasteiger partial charge in [0.05, 0.1) is 11.1 Å². The minimum absolute atomic E-state index is 0.344. The van der Waals surface area contributed by atoms with Crippen LogP contribution >= 0.6 is 0 Å². The van der Waals surface area contributed by atoms with Crippen LogP contribution in [-0.4, -0.2) is 11.9 Å². The van der Waals surface area contributed by atoms with Gasteiger partial charge in [-0.3, -0.25) is 0 Å². The second kappa shape index (κ2) is 3.81. The highest BCUT2D eigenvalue weighted by atomic mass is 16.6. The Morgan fingerprint density at radius 3 is 2.33 bits per heavy atom. The smallest absolute Gasteiger partial charge is 0.346 e. The van der Waals surface area contributed by atoms with Gasteiger partial charge in [0.25, 0.3) is 0 Å². The Morgan fingerprint density at radius 1 is 0.833 bits per heavy atom. The molecule has 0 unspecified atom stereocenters. The van der Waals surface area contributed by atoms with E-state index in [1.807, 2.05) is 37.3 Å². The Bertz CT molecular complexity index is 671. The van der Waals surface area contributed by atoms with Gasteiger partial charge in [0, 0.05) is 0 Å². The quantitative estimate of drug-likeness (QED) is 0.566. The molecule has 0 bridgehead atoms. The van der Waals surface area contributed by atoms with Crippen molar-refractivity contribution < 1.29 is 14.3 Å². The van der Waals surface area contributed by atoms with E-state index in [1.54, 1.807) is 12.1 Å². The first-order chi connectivity index (χ1) is 8.65. The highest BCUT2D eigenvalue weighted by Crippen LogP contribution is 2.27. The molecule has 3 rings (SSSR count). The summed E-state index contributed by atoms with van der Waals surface area (Å²) in [6.45, 7) is 2.01. The molecule has 18 heavy (non-hydrogen) atoms. The van der Waals surface area contributed by atoms with Gasteiger partial charge in [-0.1, -0.05) is 35.9 Å². The van der Waals surface area contributed by atoms with E-state index in [2.05, 4.69) is 4.74 Å². The van der Waals surface area contributed by atoms with Gasteiger partial charge >= 0.3 is 11.9 Å². The fourth-order valence-corrected chi connectivity index (χ4v) is 2.09. The van der Waals surface area contributed by atoms with Crippen LogP contribution < -0.4 is 0 Å². The van der Waals surface area contributed by atoms with Crippen molar-refractivity contribution in [1.82, 2.24) is 0 Å². The topological polar surface area (TPSA) is 43.4 Å². The maximum atomic E-state index is 11.5. The van der Waals surface area contributed by atoms with E-state index in [0.717, 1.165) is 16.7 Å². The molecule has 2 aromatic carbocycles. The van der Waals surface area contributed by atoms with Gasteiger partial charge in [0.2, 0.25) is 0 Å². The molecule has 0 aliphatic carbocycles. The van der Waals surface area contributed by atoms with Crippen molar-refractivity contribution in [2.45, 2.75) is 6.92 Å². The summed E-state index contributed by atoms with van der Waals surface area (Å²) in [6.07, 6.45) is 0. The normalized spacial score (nSPS) is 13.4. The molecular weight excluding hydrogens is 228 g/mol. The van der Waals surface area contributed by atoms with Crippen LogP contribution in [0, 0.1) is 6.92 Å². The zero-order valence-corrected chi connectivity index (χ0v) is 9.77. The van der Waals surface area contributed by atoms with E-state index in [4.69, 9.17) is 0 Å². The van der Waals surface area contributed by atoms with Crippen molar-refractivity contribution in [2.24, 2.45) is 0 Å². The molecule has 88 valence electrons. The van der Waals surface area contributed by atoms with Gasteiger partial charge < -0.3 is 4.74 Å². The van der Waals surface area contributed by atoms with E-state index in [1.165, 1.54) is 0 Å². The molecule has 0 N–H and O–H groups in total. The second-order valence-corrected chi connectivity index (χ2v) is 4.31. The van der Waals surface area contributed by atoms with Gasteiger partial charge in [-0.25, -0.2) is 9.59 Å². The highest BCUT2D eigenvalue weighted by molar-refractivity contribution is 6.15. The molecule has 0 spiro atoms. The van der Waals surface area contributed by atoms with Crippen molar-refractivity contribution >= 4 is 11.9 Å². The van der Waals surface area contributed by atoms with Crippen molar-refractivity contribution in [3.63, 3.8) is 0 Å². The summed E-state index contributed by atoms with van der Waals surface area (Å²) in [5.41, 5.74) is 3.76. The van der Waals surface area contributed by atoms with Crippen molar-refractivity contribution in [3.8, 4) is 11.1 Å². The van der Waals surface area contributed by atoms with Gasteiger partial charge in [0.15, 0.2) is 0 Å². The molecule has 0 atom stereocenters. The largest absolute Gasteiger partial charge is 0.386 e. The molecule has 0 saturated heterocycles. The number of cyclic esters (lactones) is 2. The molecular formula is C15H10O3. The maximum Gasteiger partial charge on any atom is 0.346 e. The first-order valence-electron chi connectivity index (χ1n) is 5.63. The summed E-state index contributed by atoms with van der Waals surface area (Å²) in [5, 5.41) is 0. The number of carbonyl (C=O) groups is 2. The molecule has 0 radical (unpaired) electrons. The molecule has 1 aliphatic heterocycles. The Balaban J connectivity index is 2.14. The lowest BCUT2D eigenvalue weighted by atomic mass is 9.99. The van der Waals surface area contributed by atoms with E-state index in [-0.39, 0.29) is 0 Å². The van der Waals surface area contributed by atoms with Gasteiger partial charge in [0.1, 0.15) is 0 Å². The van der Waals surface area contributed by atoms with Crippen LogP contribution in [-0.2, 0) is 4.74 Å². The van der Waals surface area contributed by atoms with Gasteiger partial charge in [-0.2, -0.15) is 0 Å². The third-order valence-electron chi connectivity index (χ3n) is 3.00. The van der Waals surface area contributed by atoms with E-state index in [9.17, 15) is 9.59 Å². The number of carbonyl (C=O) groups excluding carboxylic acids is 2. The monoisotopic (exact) mass is 238 g/mol. The minimum atomic E-state index is -0.565. The summed E-state index contributed by atoms with van der Waals surface area (Å²) >= 11 is 0. The number of esters is 2. The first-order valence-corrected chi connectivity index (χ1v) is 5.63. The first kappa shape index (κ1) is 10.7. The average Bonchev–Trinajstić information content (AvgIpc) is 2.65. The van der Waals surface area contributed by atoms with Crippen LogP contribution in [0.4, 0.5) is 0 Å². The molecule has 2 aromatic rings. The molecule has 0 amide bonds. The second-order valence-electron chi connectivity index (χ2n) is 4.31. The summed E-state index contributed by atoms with van der Waals surface area (Å²) < 4.78 is 4.57. The number of benzene rings is 2. The van der Waals surface area contributed by atoms with Gasteiger partial charge in [-0.05, 0) is 30.2 Å². The lowest BCUT2D eigenvalue weighted by Gasteiger charge is -2.03. The Hall–Kier alpha value is -2.42. The summed E-state index contributed by atoms with van der Waals surface area (Å²) in [6, 6.07) is 13.1. The number of hydrogen-bond acceptors (Lipinski definition) is 3. The lowest BCUT2D eigenvalue weighted by molar-refractivity contribution is 0.0444. The van der Waals surface area contributed by atoms with E-state index in [0.29, 0.717) is 11.1 Å². The fourth-order valence-electron chi connectivity index (χ4n) is 2.09. The molecule has 0 saturated carbocycles. The van der Waals surface area contributed by atoms with Crippen LogP contribution in [0.5, 0.6) is 0 Å². The molecule has 0 fully saturated rings. The van der Waals surface area contributed by atoms with Crippen LogP contribution in [0.15, 0.2) is 42.5 Å². The van der Waals surface area contributed by atoms with Crippen molar-refractivity contribution in [3.05, 3.63) is 59.2 Å². The van der Waals surface area contributed by atoms with Crippen LogP contribution in [0.25, 0.3) is 11.1 Å². The third-order valence-corrected chi connectivity index (χ3v) is 3.00. The van der Waals surface area contributed by atoms with Crippen LogP contribution in [0.1, 0.15) is 26.3 Å². The number of aryl methyl sites for hydroxylation is 1. The molecule has 3 heteroatoms. The van der Waals surface area contributed by atoms with Crippen LogP contribution in [0.2, 0.25) is 0 Å². The Labute approximate surface area is 104 Å². The predicted octanol–water partition coefficient (Wildman–Crippen LogP) is 2.97. The van der Waals surface area contributed by atoms with E-state index >= 15 is 0 Å². The van der Waals surface area contributed by atoms with Crippen molar-refractivity contribution in [2.75, 3.05) is 0 Å². The highest BCUT2D eigenvalue weighted by Gasteiger charge is 2.29. The summed E-state index contributed by atoms with van der Waals surface area (Å²) in [7, 11) is 0. The van der Waals surface area contributed by atoms with Crippen LogP contribution in [0.3, 0.4) is 0 Å². The Kier molecular flexibility index (Phi) is 2.27. The molecule has 1 aliphatic rings. The average molecular weight is 238 g/mol. The summed E-state index contributed by atoms with van der Waals surface area (Å²) in [4.78, 5) is 22.8. The van der Waals surface area contributed by atoms with Gasteiger partial charge in [-0.15, -0.1) is 0 Å². The molecule has 1 heterocycles. The number of fused-ring (bicyclic) bond motifs is 1. The number of rotatable bonds is 1. The third kappa shape index (κ3) is 1.61. The zero-order chi connectivity index (χ0) is 12.7. The standard InChI is InChI=1S/C15H10O3/c1-9-3-2-4-10(7-9)11-5-6-12-13(8-11)15(17)18-14(12)16/h2-8H,1H3. The van der Waals surface area contributed by atoms with Crippen molar-refractivity contribution in [1.29, 1.82) is 0 Å². The fraction of sp³-hybridized carbons (Fsp3) is 0.0667. The molecule has 3 nitrogen and oxygen atoms in total. The van der Waals surface area contributed by atoms with E-state index < -0.39 is 11.9 Å².